The lowest BCUT2D eigenvalue weighted by atomic mass is 9.82. The molecule has 0 bridgehead atoms. The molecule has 0 fully saturated rings. The lowest BCUT2D eigenvalue weighted by Gasteiger charge is -2.33. The summed E-state index contributed by atoms with van der Waals surface area (Å²) in [6.45, 7) is 10.1. The molecule has 0 saturated carbocycles. The number of aliphatic hydroxyl groups is 1. The molecule has 120 valence electrons. The minimum absolute atomic E-state index is 0.0378. The third kappa shape index (κ3) is 7.07. The maximum absolute atomic E-state index is 12.3. The second-order valence-corrected chi connectivity index (χ2v) is 9.18. The molecule has 4 nitrogen and oxygen atoms in total. The van der Waals surface area contributed by atoms with Crippen LogP contribution < -0.4 is 4.72 Å². The fraction of sp³-hybridized carbons (Fsp3) is 0.625. The van der Waals surface area contributed by atoms with Crippen LogP contribution in [0.2, 0.25) is 0 Å². The summed E-state index contributed by atoms with van der Waals surface area (Å²) >= 11 is 0. The number of benzene rings is 1. The van der Waals surface area contributed by atoms with Crippen molar-refractivity contribution in [3.8, 4) is 0 Å². The lowest BCUT2D eigenvalue weighted by Crippen LogP contribution is -2.46. The molecule has 2 N–H and O–H groups in total. The summed E-state index contributed by atoms with van der Waals surface area (Å²) in [7, 11) is -3.40. The van der Waals surface area contributed by atoms with Gasteiger partial charge in [0.2, 0.25) is 10.0 Å². The molecule has 0 atom stereocenters. The van der Waals surface area contributed by atoms with E-state index in [1.165, 1.54) is 0 Å². The van der Waals surface area contributed by atoms with E-state index >= 15 is 0 Å². The monoisotopic (exact) mass is 313 g/mol. The molecule has 0 aromatic heterocycles. The highest BCUT2D eigenvalue weighted by molar-refractivity contribution is 7.88. The van der Waals surface area contributed by atoms with Crippen molar-refractivity contribution in [1.29, 1.82) is 0 Å². The van der Waals surface area contributed by atoms with E-state index in [0.717, 1.165) is 12.0 Å². The van der Waals surface area contributed by atoms with Crippen LogP contribution in [0.4, 0.5) is 0 Å². The van der Waals surface area contributed by atoms with Crippen molar-refractivity contribution in [2.24, 2.45) is 5.41 Å². The average Bonchev–Trinajstić information content (AvgIpc) is 2.24. The molecule has 0 amide bonds. The van der Waals surface area contributed by atoms with Crippen LogP contribution in [-0.2, 0) is 22.4 Å². The summed E-state index contributed by atoms with van der Waals surface area (Å²) in [4.78, 5) is 0. The molecule has 0 radical (unpaired) electrons. The first-order chi connectivity index (χ1) is 9.42. The van der Waals surface area contributed by atoms with Gasteiger partial charge in [-0.15, -0.1) is 0 Å². The number of sulfonamides is 1. The molecule has 21 heavy (non-hydrogen) atoms. The summed E-state index contributed by atoms with van der Waals surface area (Å²) in [5.74, 6) is -0.0493. The van der Waals surface area contributed by atoms with E-state index in [4.69, 9.17) is 5.11 Å². The van der Waals surface area contributed by atoms with Gasteiger partial charge in [-0.2, -0.15) is 0 Å². The largest absolute Gasteiger partial charge is 0.392 e. The van der Waals surface area contributed by atoms with E-state index in [-0.39, 0.29) is 17.8 Å². The first-order valence-electron chi connectivity index (χ1n) is 7.13. The van der Waals surface area contributed by atoms with Crippen molar-refractivity contribution in [2.75, 3.05) is 0 Å². The lowest BCUT2D eigenvalue weighted by molar-refractivity contribution is 0.269. The number of nitrogens with one attached hydrogen (secondary N) is 1. The third-order valence-corrected chi connectivity index (χ3v) is 4.54. The van der Waals surface area contributed by atoms with E-state index in [9.17, 15) is 8.42 Å². The van der Waals surface area contributed by atoms with Crippen molar-refractivity contribution in [2.45, 2.75) is 58.9 Å². The minimum atomic E-state index is -3.40. The summed E-state index contributed by atoms with van der Waals surface area (Å²) < 4.78 is 27.4. The third-order valence-electron chi connectivity index (χ3n) is 2.97. The van der Waals surface area contributed by atoms with Crippen LogP contribution in [0.3, 0.4) is 0 Å². The fourth-order valence-electron chi connectivity index (χ4n) is 2.78. The van der Waals surface area contributed by atoms with Gasteiger partial charge in [0.05, 0.1) is 12.4 Å². The fourth-order valence-corrected chi connectivity index (χ4v) is 4.40. The summed E-state index contributed by atoms with van der Waals surface area (Å²) in [5, 5.41) is 8.99. The molecule has 1 aromatic rings. The van der Waals surface area contributed by atoms with E-state index in [1.807, 2.05) is 13.8 Å². The van der Waals surface area contributed by atoms with Crippen LogP contribution in [0, 0.1) is 5.41 Å². The van der Waals surface area contributed by atoms with Gasteiger partial charge in [0.25, 0.3) is 0 Å². The highest BCUT2D eigenvalue weighted by atomic mass is 32.2. The van der Waals surface area contributed by atoms with Crippen molar-refractivity contribution in [1.82, 2.24) is 4.72 Å². The van der Waals surface area contributed by atoms with Crippen molar-refractivity contribution >= 4 is 10.0 Å². The van der Waals surface area contributed by atoms with Crippen LogP contribution in [0.25, 0.3) is 0 Å². The molecule has 0 aliphatic rings. The average molecular weight is 313 g/mol. The standard InChI is InChI=1S/C16H27NO3S/c1-15(2,3)12-16(4,5)17-21(19,20)11-14-8-6-13(10-18)7-9-14/h6-9,17-18H,10-12H2,1-5H3. The Morgan fingerprint density at radius 1 is 1.00 bits per heavy atom. The number of hydrogen-bond acceptors (Lipinski definition) is 3. The van der Waals surface area contributed by atoms with Gasteiger partial charge in [0, 0.05) is 5.54 Å². The Balaban J connectivity index is 2.77. The maximum Gasteiger partial charge on any atom is 0.216 e. The van der Waals surface area contributed by atoms with Gasteiger partial charge in [-0.3, -0.25) is 0 Å². The minimum Gasteiger partial charge on any atom is -0.392 e. The summed E-state index contributed by atoms with van der Waals surface area (Å²) in [5.41, 5.74) is 1.06. The zero-order chi connectivity index (χ0) is 16.3. The van der Waals surface area contributed by atoms with Crippen LogP contribution in [0.1, 0.15) is 52.2 Å². The molecule has 0 spiro atoms. The van der Waals surface area contributed by atoms with Gasteiger partial charge in [0.15, 0.2) is 0 Å². The normalized spacial score (nSPS) is 13.4. The SMILES string of the molecule is CC(C)(C)CC(C)(C)NS(=O)(=O)Cc1ccc(CO)cc1. The van der Waals surface area contributed by atoms with Crippen molar-refractivity contribution in [3.63, 3.8) is 0 Å². The van der Waals surface area contributed by atoms with Crippen LogP contribution in [0.5, 0.6) is 0 Å². The second-order valence-electron chi connectivity index (χ2n) is 7.46. The van der Waals surface area contributed by atoms with Crippen LogP contribution >= 0.6 is 0 Å². The van der Waals surface area contributed by atoms with Gasteiger partial charge in [0.1, 0.15) is 0 Å². The van der Waals surface area contributed by atoms with Gasteiger partial charge < -0.3 is 5.11 Å². The quantitative estimate of drug-likeness (QED) is 0.848. The Morgan fingerprint density at radius 2 is 1.48 bits per heavy atom. The van der Waals surface area contributed by atoms with Gasteiger partial charge in [-0.25, -0.2) is 13.1 Å². The Hall–Kier alpha value is -0.910. The van der Waals surface area contributed by atoms with E-state index in [0.29, 0.717) is 5.56 Å². The Kier molecular flexibility index (Phi) is 5.58. The van der Waals surface area contributed by atoms with Crippen molar-refractivity contribution < 1.29 is 13.5 Å². The Morgan fingerprint density at radius 3 is 1.90 bits per heavy atom. The van der Waals surface area contributed by atoms with Gasteiger partial charge in [-0.05, 0) is 36.8 Å². The molecular formula is C16H27NO3S. The molecular weight excluding hydrogens is 286 g/mol. The Bertz CT molecular complexity index is 554. The molecule has 0 aliphatic carbocycles. The first-order valence-corrected chi connectivity index (χ1v) is 8.78. The van der Waals surface area contributed by atoms with E-state index in [1.54, 1.807) is 24.3 Å². The van der Waals surface area contributed by atoms with Gasteiger partial charge in [-0.1, -0.05) is 45.0 Å². The maximum atomic E-state index is 12.3. The topological polar surface area (TPSA) is 66.4 Å². The van der Waals surface area contributed by atoms with Crippen LogP contribution in [0.15, 0.2) is 24.3 Å². The second kappa shape index (κ2) is 6.46. The summed E-state index contributed by atoms with van der Waals surface area (Å²) in [6, 6.07) is 6.96. The zero-order valence-electron chi connectivity index (χ0n) is 13.6. The van der Waals surface area contributed by atoms with E-state index < -0.39 is 15.6 Å². The molecule has 0 unspecified atom stereocenters. The zero-order valence-corrected chi connectivity index (χ0v) is 14.4. The smallest absolute Gasteiger partial charge is 0.216 e. The first kappa shape index (κ1) is 18.1. The molecule has 5 heteroatoms. The number of rotatable bonds is 6. The van der Waals surface area contributed by atoms with E-state index in [2.05, 4.69) is 25.5 Å². The Labute approximate surface area is 128 Å². The van der Waals surface area contributed by atoms with Crippen molar-refractivity contribution in [3.05, 3.63) is 35.4 Å². The number of aliphatic hydroxyl groups excluding tert-OH is 1. The molecule has 0 saturated heterocycles. The molecule has 0 aliphatic heterocycles. The molecule has 1 aromatic carbocycles. The predicted octanol–water partition coefficient (Wildman–Crippen LogP) is 2.81. The summed E-state index contributed by atoms with van der Waals surface area (Å²) in [6.07, 6.45) is 0.753. The molecule has 0 heterocycles. The highest BCUT2D eigenvalue weighted by Gasteiger charge is 2.29. The van der Waals surface area contributed by atoms with Gasteiger partial charge >= 0.3 is 0 Å². The van der Waals surface area contributed by atoms with Crippen LogP contribution in [-0.4, -0.2) is 19.1 Å². The predicted molar refractivity (Wildman–Crippen MR) is 86.3 cm³/mol. The molecule has 1 rings (SSSR count). The highest BCUT2D eigenvalue weighted by Crippen LogP contribution is 2.27. The number of hydrogen-bond donors (Lipinski definition) is 2.